The lowest BCUT2D eigenvalue weighted by molar-refractivity contribution is -0.149. The molecule has 23 heavy (non-hydrogen) atoms. The van der Waals surface area contributed by atoms with Crippen LogP contribution in [0.25, 0.3) is 4.96 Å². The maximum absolute atomic E-state index is 14.1. The first kappa shape index (κ1) is 15.6. The van der Waals surface area contributed by atoms with Crippen molar-refractivity contribution in [3.05, 3.63) is 32.7 Å². The molecule has 0 spiro atoms. The Hall–Kier alpha value is -2.29. The lowest BCUT2D eigenvalue weighted by atomic mass is 10.1. The Morgan fingerprint density at radius 2 is 2.13 bits per heavy atom. The first-order valence-corrected chi connectivity index (χ1v) is 7.75. The predicted octanol–water partition coefficient (Wildman–Crippen LogP) is 1.01. The van der Waals surface area contributed by atoms with Gasteiger partial charge in [-0.1, -0.05) is 0 Å². The zero-order valence-electron chi connectivity index (χ0n) is 12.5. The van der Waals surface area contributed by atoms with Crippen molar-refractivity contribution in [2.75, 3.05) is 13.1 Å². The second kappa shape index (κ2) is 5.12. The van der Waals surface area contributed by atoms with Gasteiger partial charge in [-0.25, -0.2) is 14.2 Å². The molecule has 7 nitrogen and oxygen atoms in total. The second-order valence-corrected chi connectivity index (χ2v) is 6.77. The van der Waals surface area contributed by atoms with E-state index in [0.29, 0.717) is 10.7 Å². The van der Waals surface area contributed by atoms with E-state index in [0.717, 1.165) is 9.78 Å². The highest BCUT2D eigenvalue weighted by molar-refractivity contribution is 7.17. The lowest BCUT2D eigenvalue weighted by Crippen LogP contribution is -2.40. The summed E-state index contributed by atoms with van der Waals surface area (Å²) >= 11 is 1.34. The molecular formula is C14H14FN3O4S. The van der Waals surface area contributed by atoms with Crippen molar-refractivity contribution >= 4 is 28.2 Å². The van der Waals surface area contributed by atoms with Gasteiger partial charge >= 0.3 is 5.97 Å². The number of fused-ring (bicyclic) bond motifs is 1. The Morgan fingerprint density at radius 3 is 2.74 bits per heavy atom. The summed E-state index contributed by atoms with van der Waals surface area (Å²) in [4.78, 5) is 42.5. The van der Waals surface area contributed by atoms with Gasteiger partial charge in [0.15, 0.2) is 4.96 Å². The van der Waals surface area contributed by atoms with E-state index in [4.69, 9.17) is 5.11 Å². The zero-order valence-corrected chi connectivity index (χ0v) is 13.3. The number of hydrogen-bond donors (Lipinski definition) is 1. The zero-order chi connectivity index (χ0) is 16.9. The molecule has 9 heteroatoms. The van der Waals surface area contributed by atoms with Crippen molar-refractivity contribution in [1.29, 1.82) is 0 Å². The number of aromatic nitrogens is 2. The van der Waals surface area contributed by atoms with Crippen LogP contribution < -0.4 is 5.56 Å². The first-order valence-electron chi connectivity index (χ1n) is 6.94. The monoisotopic (exact) mass is 339 g/mol. The fourth-order valence-corrected chi connectivity index (χ4v) is 3.54. The van der Waals surface area contributed by atoms with E-state index < -0.39 is 29.6 Å². The van der Waals surface area contributed by atoms with Crippen LogP contribution in [0, 0.1) is 13.8 Å². The molecule has 0 aromatic carbocycles. The topological polar surface area (TPSA) is 92.0 Å². The van der Waals surface area contributed by atoms with Crippen LogP contribution in [-0.4, -0.2) is 50.0 Å². The standard InChI is InChI=1S/C14H14FN3O4S/c1-7-8(2)23-13-16-5-9(11(20)18(7)13)10(19)17-4-3-14(15,6-17)12(21)22/h5H,3-4,6H2,1-2H3,(H,21,22). The van der Waals surface area contributed by atoms with E-state index >= 15 is 0 Å². The minimum absolute atomic E-state index is 0.0502. The summed E-state index contributed by atoms with van der Waals surface area (Å²) in [5.41, 5.74) is -2.46. The SMILES string of the molecule is Cc1sc2ncc(C(=O)N3CCC(F)(C(=O)O)C3)c(=O)n2c1C. The molecule has 2 aromatic rings. The summed E-state index contributed by atoms with van der Waals surface area (Å²) in [6.07, 6.45) is 0.885. The number of likely N-dealkylation sites (tertiary alicyclic amines) is 1. The minimum atomic E-state index is -2.46. The van der Waals surface area contributed by atoms with Crippen molar-refractivity contribution in [1.82, 2.24) is 14.3 Å². The van der Waals surface area contributed by atoms with Crippen LogP contribution in [0.15, 0.2) is 11.0 Å². The molecule has 122 valence electrons. The van der Waals surface area contributed by atoms with Crippen LogP contribution in [0.4, 0.5) is 4.39 Å². The summed E-state index contributed by atoms with van der Waals surface area (Å²) in [5.74, 6) is -2.29. The molecule has 1 aliphatic rings. The number of amides is 1. The van der Waals surface area contributed by atoms with Crippen molar-refractivity contribution in [3.8, 4) is 0 Å². The number of halogens is 1. The Kier molecular flexibility index (Phi) is 3.47. The predicted molar refractivity (Wildman–Crippen MR) is 80.8 cm³/mol. The molecule has 1 N–H and O–H groups in total. The molecule has 0 aliphatic carbocycles. The van der Waals surface area contributed by atoms with Crippen LogP contribution in [0.5, 0.6) is 0 Å². The molecule has 0 bridgehead atoms. The van der Waals surface area contributed by atoms with Gasteiger partial charge in [0, 0.05) is 29.7 Å². The number of carboxylic acid groups (broad SMARTS) is 1. The number of carbonyl (C=O) groups excluding carboxylic acids is 1. The Balaban J connectivity index is 2.00. The van der Waals surface area contributed by atoms with E-state index in [-0.39, 0.29) is 18.5 Å². The van der Waals surface area contributed by atoms with Gasteiger partial charge < -0.3 is 10.0 Å². The Labute approximate surface area is 134 Å². The third-order valence-corrected chi connectivity index (χ3v) is 5.21. The van der Waals surface area contributed by atoms with Gasteiger partial charge in [0.05, 0.1) is 6.54 Å². The number of carboxylic acids is 1. The highest BCUT2D eigenvalue weighted by Gasteiger charge is 2.47. The molecule has 2 aromatic heterocycles. The van der Waals surface area contributed by atoms with E-state index in [2.05, 4.69) is 4.98 Å². The molecule has 1 aliphatic heterocycles. The summed E-state index contributed by atoms with van der Waals surface area (Å²) < 4.78 is 15.4. The van der Waals surface area contributed by atoms with Gasteiger partial charge in [-0.05, 0) is 13.8 Å². The fourth-order valence-electron chi connectivity index (χ4n) is 2.61. The molecule has 1 fully saturated rings. The Morgan fingerprint density at radius 1 is 1.43 bits per heavy atom. The van der Waals surface area contributed by atoms with E-state index in [1.807, 2.05) is 6.92 Å². The average Bonchev–Trinajstić information content (AvgIpc) is 3.02. The quantitative estimate of drug-likeness (QED) is 0.882. The highest BCUT2D eigenvalue weighted by Crippen LogP contribution is 2.27. The number of aryl methyl sites for hydroxylation is 2. The maximum Gasteiger partial charge on any atom is 0.343 e. The normalized spacial score (nSPS) is 21.1. The number of hydrogen-bond acceptors (Lipinski definition) is 5. The smallest absolute Gasteiger partial charge is 0.343 e. The molecule has 1 saturated heterocycles. The van der Waals surface area contributed by atoms with Crippen LogP contribution in [0.1, 0.15) is 27.3 Å². The molecule has 1 amide bonds. The highest BCUT2D eigenvalue weighted by atomic mass is 32.1. The number of carbonyl (C=O) groups is 2. The van der Waals surface area contributed by atoms with Gasteiger partial charge in [-0.3, -0.25) is 14.0 Å². The number of nitrogens with zero attached hydrogens (tertiary/aromatic N) is 3. The van der Waals surface area contributed by atoms with E-state index in [9.17, 15) is 18.8 Å². The first-order chi connectivity index (χ1) is 10.7. The summed E-state index contributed by atoms with van der Waals surface area (Å²) in [6.45, 7) is 2.99. The van der Waals surface area contributed by atoms with Crippen LogP contribution >= 0.6 is 11.3 Å². The minimum Gasteiger partial charge on any atom is -0.479 e. The largest absolute Gasteiger partial charge is 0.479 e. The fraction of sp³-hybridized carbons (Fsp3) is 0.429. The van der Waals surface area contributed by atoms with Gasteiger partial charge in [-0.15, -0.1) is 11.3 Å². The molecular weight excluding hydrogens is 325 g/mol. The van der Waals surface area contributed by atoms with Crippen molar-refractivity contribution in [2.45, 2.75) is 25.9 Å². The molecule has 0 radical (unpaired) electrons. The summed E-state index contributed by atoms with van der Waals surface area (Å²) in [5, 5.41) is 8.89. The molecule has 3 rings (SSSR count). The third kappa shape index (κ3) is 2.31. The lowest BCUT2D eigenvalue weighted by Gasteiger charge is -2.17. The Bertz CT molecular complexity index is 890. The number of rotatable bonds is 2. The second-order valence-electron chi connectivity index (χ2n) is 5.59. The summed E-state index contributed by atoms with van der Waals surface area (Å²) in [7, 11) is 0. The van der Waals surface area contributed by atoms with Crippen molar-refractivity contribution < 1.29 is 19.1 Å². The van der Waals surface area contributed by atoms with Gasteiger partial charge in [0.2, 0.25) is 5.67 Å². The summed E-state index contributed by atoms with van der Waals surface area (Å²) in [6, 6.07) is 0. The third-order valence-electron chi connectivity index (χ3n) is 4.14. The number of thiazole rings is 1. The molecule has 0 saturated carbocycles. The van der Waals surface area contributed by atoms with Crippen molar-refractivity contribution in [3.63, 3.8) is 0 Å². The average molecular weight is 339 g/mol. The molecule has 3 heterocycles. The molecule has 1 atom stereocenters. The van der Waals surface area contributed by atoms with E-state index in [1.54, 1.807) is 6.92 Å². The molecule has 1 unspecified atom stereocenters. The van der Waals surface area contributed by atoms with Crippen LogP contribution in [-0.2, 0) is 4.79 Å². The van der Waals surface area contributed by atoms with Crippen LogP contribution in [0.2, 0.25) is 0 Å². The van der Waals surface area contributed by atoms with E-state index in [1.165, 1.54) is 21.9 Å². The van der Waals surface area contributed by atoms with Gasteiger partial charge in [0.1, 0.15) is 5.56 Å². The van der Waals surface area contributed by atoms with Gasteiger partial charge in [0.25, 0.3) is 11.5 Å². The van der Waals surface area contributed by atoms with Gasteiger partial charge in [-0.2, -0.15) is 0 Å². The number of alkyl halides is 1. The maximum atomic E-state index is 14.1. The van der Waals surface area contributed by atoms with Crippen LogP contribution in [0.3, 0.4) is 0 Å². The number of aliphatic carboxylic acids is 1. The van der Waals surface area contributed by atoms with Crippen molar-refractivity contribution in [2.24, 2.45) is 0 Å².